The fourth-order valence-corrected chi connectivity index (χ4v) is 2.28. The lowest BCUT2D eigenvalue weighted by Crippen LogP contribution is -2.00. The molecule has 3 nitrogen and oxygen atoms in total. The molecule has 21 heavy (non-hydrogen) atoms. The van der Waals surface area contributed by atoms with Crippen molar-refractivity contribution in [2.75, 3.05) is 5.32 Å². The highest BCUT2D eigenvalue weighted by Crippen LogP contribution is 2.20. The minimum atomic E-state index is -0.890. The van der Waals surface area contributed by atoms with Crippen LogP contribution in [0.25, 0.3) is 0 Å². The predicted molar refractivity (Wildman–Crippen MR) is 86.5 cm³/mol. The van der Waals surface area contributed by atoms with E-state index in [0.29, 0.717) is 5.56 Å². The van der Waals surface area contributed by atoms with Gasteiger partial charge in [0.25, 0.3) is 0 Å². The number of carboxylic acids is 1. The van der Waals surface area contributed by atoms with E-state index >= 15 is 0 Å². The summed E-state index contributed by atoms with van der Waals surface area (Å²) in [6.45, 7) is 4.00. The average molecular weight is 283 g/mol. The molecule has 0 atom stereocenters. The van der Waals surface area contributed by atoms with Crippen LogP contribution in [0.3, 0.4) is 0 Å². The normalized spacial score (nSPS) is 10.4. The lowest BCUT2D eigenvalue weighted by molar-refractivity contribution is 0.0696. The van der Waals surface area contributed by atoms with E-state index in [4.69, 9.17) is 5.11 Å². The Labute approximate surface area is 125 Å². The van der Waals surface area contributed by atoms with Crippen LogP contribution in [0, 0.1) is 6.92 Å². The zero-order valence-corrected chi connectivity index (χ0v) is 12.5. The van der Waals surface area contributed by atoms with Crippen LogP contribution in [0.5, 0.6) is 0 Å². The van der Waals surface area contributed by atoms with Crippen LogP contribution in [-0.2, 0) is 6.42 Å². The van der Waals surface area contributed by atoms with Gasteiger partial charge < -0.3 is 10.4 Å². The molecular formula is C18H21NO2. The Hall–Kier alpha value is -2.29. The van der Waals surface area contributed by atoms with Crippen molar-refractivity contribution in [2.45, 2.75) is 33.1 Å². The summed E-state index contributed by atoms with van der Waals surface area (Å²) in [4.78, 5) is 11.0. The van der Waals surface area contributed by atoms with E-state index in [9.17, 15) is 4.79 Å². The predicted octanol–water partition coefficient (Wildman–Crippen LogP) is 4.78. The third-order valence-corrected chi connectivity index (χ3v) is 3.52. The number of hydrogen-bond donors (Lipinski definition) is 2. The van der Waals surface area contributed by atoms with Gasteiger partial charge in [0.15, 0.2) is 0 Å². The van der Waals surface area contributed by atoms with Crippen molar-refractivity contribution in [1.29, 1.82) is 0 Å². The number of anilines is 2. The number of hydrogen-bond acceptors (Lipinski definition) is 2. The Morgan fingerprint density at radius 2 is 1.76 bits per heavy atom. The van der Waals surface area contributed by atoms with Gasteiger partial charge in [-0.05, 0) is 61.2 Å². The molecule has 0 fully saturated rings. The second-order valence-electron chi connectivity index (χ2n) is 5.26. The maximum Gasteiger partial charge on any atom is 0.335 e. The van der Waals surface area contributed by atoms with Gasteiger partial charge in [-0.25, -0.2) is 4.79 Å². The number of rotatable bonds is 6. The molecule has 0 aliphatic rings. The van der Waals surface area contributed by atoms with Crippen LogP contribution in [-0.4, -0.2) is 11.1 Å². The second-order valence-corrected chi connectivity index (χ2v) is 5.26. The van der Waals surface area contributed by atoms with E-state index in [1.54, 1.807) is 12.1 Å². The first kappa shape index (κ1) is 15.1. The van der Waals surface area contributed by atoms with Gasteiger partial charge in [-0.3, -0.25) is 0 Å². The molecule has 0 aliphatic heterocycles. The van der Waals surface area contributed by atoms with Crippen LogP contribution in [0.4, 0.5) is 11.4 Å². The van der Waals surface area contributed by atoms with E-state index in [-0.39, 0.29) is 0 Å². The van der Waals surface area contributed by atoms with Crippen molar-refractivity contribution >= 4 is 17.3 Å². The van der Waals surface area contributed by atoms with Gasteiger partial charge in [-0.1, -0.05) is 25.5 Å². The summed E-state index contributed by atoms with van der Waals surface area (Å²) in [7, 11) is 0. The molecule has 0 radical (unpaired) electrons. The maximum atomic E-state index is 11.0. The van der Waals surface area contributed by atoms with Crippen LogP contribution < -0.4 is 5.32 Å². The Bertz CT molecular complexity index is 618. The Morgan fingerprint density at radius 1 is 1.10 bits per heavy atom. The molecule has 2 aromatic carbocycles. The van der Waals surface area contributed by atoms with Crippen LogP contribution in [0.2, 0.25) is 0 Å². The molecule has 0 unspecified atom stereocenters. The highest BCUT2D eigenvalue weighted by atomic mass is 16.4. The third kappa shape index (κ3) is 4.09. The number of carboxylic acid groups (broad SMARTS) is 1. The number of aromatic carboxylic acids is 1. The smallest absolute Gasteiger partial charge is 0.335 e. The molecule has 0 aliphatic carbocycles. The van der Waals surface area contributed by atoms with Gasteiger partial charge in [0.05, 0.1) is 5.56 Å². The average Bonchev–Trinajstić information content (AvgIpc) is 2.46. The van der Waals surface area contributed by atoms with Gasteiger partial charge in [-0.15, -0.1) is 0 Å². The lowest BCUT2D eigenvalue weighted by Gasteiger charge is -2.09. The van der Waals surface area contributed by atoms with E-state index < -0.39 is 5.97 Å². The Balaban J connectivity index is 2.07. The first-order valence-electron chi connectivity index (χ1n) is 7.30. The molecule has 0 bridgehead atoms. The molecule has 2 N–H and O–H groups in total. The van der Waals surface area contributed by atoms with Gasteiger partial charge in [-0.2, -0.15) is 0 Å². The quantitative estimate of drug-likeness (QED) is 0.802. The molecule has 0 amide bonds. The molecule has 0 heterocycles. The number of nitrogens with one attached hydrogen (secondary N) is 1. The summed E-state index contributed by atoms with van der Waals surface area (Å²) < 4.78 is 0. The molecule has 0 spiro atoms. The summed E-state index contributed by atoms with van der Waals surface area (Å²) in [5.74, 6) is -0.890. The standard InChI is InChI=1S/C18H21NO2/c1-3-4-5-14-6-8-15(9-7-14)19-16-10-11-17(18(20)21)13(2)12-16/h6-12,19H,3-5H2,1-2H3,(H,20,21). The van der Waals surface area contributed by atoms with Crippen molar-refractivity contribution in [1.82, 2.24) is 0 Å². The van der Waals surface area contributed by atoms with E-state index in [1.165, 1.54) is 18.4 Å². The maximum absolute atomic E-state index is 11.0. The van der Waals surface area contributed by atoms with Crippen molar-refractivity contribution in [2.24, 2.45) is 0 Å². The number of unbranched alkanes of at least 4 members (excludes halogenated alkanes) is 1. The summed E-state index contributed by atoms with van der Waals surface area (Å²) in [5.41, 5.74) is 4.36. The van der Waals surface area contributed by atoms with E-state index in [1.807, 2.05) is 13.0 Å². The van der Waals surface area contributed by atoms with Gasteiger partial charge >= 0.3 is 5.97 Å². The lowest BCUT2D eigenvalue weighted by atomic mass is 10.1. The summed E-state index contributed by atoms with van der Waals surface area (Å²) >= 11 is 0. The fourth-order valence-electron chi connectivity index (χ4n) is 2.28. The molecule has 3 heteroatoms. The van der Waals surface area contributed by atoms with E-state index in [2.05, 4.69) is 36.5 Å². The highest BCUT2D eigenvalue weighted by molar-refractivity contribution is 5.90. The Morgan fingerprint density at radius 3 is 2.33 bits per heavy atom. The zero-order chi connectivity index (χ0) is 15.2. The molecule has 110 valence electrons. The topological polar surface area (TPSA) is 49.3 Å². The van der Waals surface area contributed by atoms with Gasteiger partial charge in [0, 0.05) is 11.4 Å². The minimum Gasteiger partial charge on any atom is -0.478 e. The van der Waals surface area contributed by atoms with Gasteiger partial charge in [0.2, 0.25) is 0 Å². The molecule has 0 saturated carbocycles. The number of aryl methyl sites for hydroxylation is 2. The first-order valence-corrected chi connectivity index (χ1v) is 7.30. The minimum absolute atomic E-state index is 0.343. The second kappa shape index (κ2) is 6.93. The largest absolute Gasteiger partial charge is 0.478 e. The van der Waals surface area contributed by atoms with Crippen LogP contribution >= 0.6 is 0 Å². The third-order valence-electron chi connectivity index (χ3n) is 3.52. The van der Waals surface area contributed by atoms with Crippen LogP contribution in [0.15, 0.2) is 42.5 Å². The Kier molecular flexibility index (Phi) is 4.99. The molecule has 0 aromatic heterocycles. The van der Waals surface area contributed by atoms with Crippen molar-refractivity contribution in [3.63, 3.8) is 0 Å². The summed E-state index contributed by atoms with van der Waals surface area (Å²) in [5, 5.41) is 12.3. The number of benzene rings is 2. The van der Waals surface area contributed by atoms with Crippen molar-refractivity contribution < 1.29 is 9.90 Å². The SMILES string of the molecule is CCCCc1ccc(Nc2ccc(C(=O)O)c(C)c2)cc1. The van der Waals surface area contributed by atoms with Crippen LogP contribution in [0.1, 0.15) is 41.3 Å². The molecule has 2 aromatic rings. The summed E-state index contributed by atoms with van der Waals surface area (Å²) in [6.07, 6.45) is 3.53. The van der Waals surface area contributed by atoms with Crippen molar-refractivity contribution in [3.8, 4) is 0 Å². The monoisotopic (exact) mass is 283 g/mol. The molecule has 2 rings (SSSR count). The fraction of sp³-hybridized carbons (Fsp3) is 0.278. The first-order chi connectivity index (χ1) is 10.1. The van der Waals surface area contributed by atoms with Gasteiger partial charge in [0.1, 0.15) is 0 Å². The highest BCUT2D eigenvalue weighted by Gasteiger charge is 2.07. The zero-order valence-electron chi connectivity index (χ0n) is 12.5. The molecular weight excluding hydrogens is 262 g/mol. The summed E-state index contributed by atoms with van der Waals surface area (Å²) in [6, 6.07) is 13.7. The molecule has 0 saturated heterocycles. The van der Waals surface area contributed by atoms with E-state index in [0.717, 1.165) is 23.4 Å². The number of carbonyl (C=O) groups is 1. The van der Waals surface area contributed by atoms with Crippen molar-refractivity contribution in [3.05, 3.63) is 59.2 Å².